The van der Waals surface area contributed by atoms with Crippen LogP contribution in [0.1, 0.15) is 5.56 Å². The fourth-order valence-corrected chi connectivity index (χ4v) is 2.66. The number of piperazine rings is 2. The summed E-state index contributed by atoms with van der Waals surface area (Å²) < 4.78 is 5.26. The number of rotatable bonds is 2. The molecule has 22 heavy (non-hydrogen) atoms. The Morgan fingerprint density at radius 3 is 2.77 bits per heavy atom. The number of carbonyl (C=O) groups excluding carboxylic acids is 3. The number of benzene rings is 1. The number of ether oxygens (including phenoxy) is 1. The van der Waals surface area contributed by atoms with E-state index in [1.807, 2.05) is 30.3 Å². The quantitative estimate of drug-likeness (QED) is 0.832. The van der Waals surface area contributed by atoms with Crippen LogP contribution in [0.25, 0.3) is 0 Å². The molecule has 116 valence electrons. The summed E-state index contributed by atoms with van der Waals surface area (Å²) in [6.07, 6.45) is -0.464. The highest BCUT2D eigenvalue weighted by molar-refractivity contribution is 5.95. The molecule has 2 aliphatic heterocycles. The van der Waals surface area contributed by atoms with Crippen molar-refractivity contribution in [3.8, 4) is 0 Å². The van der Waals surface area contributed by atoms with E-state index in [0.717, 1.165) is 5.56 Å². The summed E-state index contributed by atoms with van der Waals surface area (Å²) in [6.45, 7) is 1.13. The molecule has 1 N–H and O–H groups in total. The minimum Gasteiger partial charge on any atom is -0.445 e. The van der Waals surface area contributed by atoms with Crippen LogP contribution in [0, 0.1) is 0 Å². The lowest BCUT2D eigenvalue weighted by Gasteiger charge is -2.42. The van der Waals surface area contributed by atoms with Crippen molar-refractivity contribution in [3.63, 3.8) is 0 Å². The number of nitrogens with one attached hydrogen (secondary N) is 1. The molecule has 2 saturated heterocycles. The number of fused-ring (bicyclic) bond motifs is 1. The summed E-state index contributed by atoms with van der Waals surface area (Å²) in [5.74, 6) is -0.331. The zero-order valence-corrected chi connectivity index (χ0v) is 12.0. The van der Waals surface area contributed by atoms with Crippen LogP contribution in [0.3, 0.4) is 0 Å². The number of carbonyl (C=O) groups is 3. The molecule has 2 fully saturated rings. The van der Waals surface area contributed by atoms with Gasteiger partial charge in [0.05, 0.1) is 13.1 Å². The predicted molar refractivity (Wildman–Crippen MR) is 76.7 cm³/mol. The molecule has 0 spiro atoms. The van der Waals surface area contributed by atoms with Crippen LogP contribution in [0.4, 0.5) is 4.79 Å². The van der Waals surface area contributed by atoms with Crippen molar-refractivity contribution in [3.05, 3.63) is 35.9 Å². The largest absolute Gasteiger partial charge is 0.445 e. The zero-order valence-electron chi connectivity index (χ0n) is 12.0. The van der Waals surface area contributed by atoms with Gasteiger partial charge in [0.15, 0.2) is 0 Å². The van der Waals surface area contributed by atoms with Gasteiger partial charge in [0.1, 0.15) is 12.6 Å². The highest BCUT2D eigenvalue weighted by Crippen LogP contribution is 2.15. The molecule has 0 aromatic heterocycles. The lowest BCUT2D eigenvalue weighted by Crippen LogP contribution is -2.66. The van der Waals surface area contributed by atoms with E-state index in [4.69, 9.17) is 4.74 Å². The predicted octanol–water partition coefficient (Wildman–Crippen LogP) is -0.0342. The van der Waals surface area contributed by atoms with Crippen molar-refractivity contribution in [2.24, 2.45) is 0 Å². The Labute approximate surface area is 127 Å². The molecule has 2 heterocycles. The van der Waals surface area contributed by atoms with E-state index in [2.05, 4.69) is 5.32 Å². The highest BCUT2D eigenvalue weighted by atomic mass is 16.6. The molecular formula is C15H17N3O4. The molecule has 2 aliphatic rings. The van der Waals surface area contributed by atoms with Gasteiger partial charge in [-0.2, -0.15) is 0 Å². The van der Waals surface area contributed by atoms with Crippen molar-refractivity contribution in [2.45, 2.75) is 12.6 Å². The lowest BCUT2D eigenvalue weighted by atomic mass is 10.1. The maximum absolute atomic E-state index is 12.1. The standard InChI is InChI=1S/C15H17N3O4/c19-13-8-16-14(20)12-9-17(6-7-18(12)13)15(21)22-10-11-4-2-1-3-5-11/h1-5,12H,6-10H2,(H,16,20). The first-order valence-electron chi connectivity index (χ1n) is 7.18. The van der Waals surface area contributed by atoms with Gasteiger partial charge < -0.3 is 19.9 Å². The molecule has 7 heteroatoms. The van der Waals surface area contributed by atoms with Crippen molar-refractivity contribution in [2.75, 3.05) is 26.2 Å². The average molecular weight is 303 g/mol. The van der Waals surface area contributed by atoms with Gasteiger partial charge in [-0.05, 0) is 5.56 Å². The average Bonchev–Trinajstić information content (AvgIpc) is 2.57. The van der Waals surface area contributed by atoms with Gasteiger partial charge in [0.2, 0.25) is 11.8 Å². The van der Waals surface area contributed by atoms with Crippen LogP contribution in [-0.4, -0.2) is 59.9 Å². The van der Waals surface area contributed by atoms with E-state index < -0.39 is 12.1 Å². The van der Waals surface area contributed by atoms with Crippen molar-refractivity contribution >= 4 is 17.9 Å². The first kappa shape index (κ1) is 14.4. The molecule has 1 atom stereocenters. The van der Waals surface area contributed by atoms with Crippen molar-refractivity contribution in [1.29, 1.82) is 0 Å². The van der Waals surface area contributed by atoms with E-state index in [9.17, 15) is 14.4 Å². The van der Waals surface area contributed by atoms with E-state index in [0.29, 0.717) is 13.1 Å². The molecule has 0 saturated carbocycles. The van der Waals surface area contributed by atoms with Gasteiger partial charge in [-0.1, -0.05) is 30.3 Å². The van der Waals surface area contributed by atoms with Crippen LogP contribution in [0.5, 0.6) is 0 Å². The van der Waals surface area contributed by atoms with Gasteiger partial charge in [0.25, 0.3) is 0 Å². The van der Waals surface area contributed by atoms with E-state index in [-0.39, 0.29) is 31.5 Å². The Kier molecular flexibility index (Phi) is 3.95. The van der Waals surface area contributed by atoms with Gasteiger partial charge in [0, 0.05) is 13.1 Å². The van der Waals surface area contributed by atoms with Crippen LogP contribution in [-0.2, 0) is 20.9 Å². The first-order chi connectivity index (χ1) is 10.6. The second kappa shape index (κ2) is 6.05. The summed E-state index contributed by atoms with van der Waals surface area (Å²) in [5, 5.41) is 2.54. The maximum Gasteiger partial charge on any atom is 0.410 e. The first-order valence-corrected chi connectivity index (χ1v) is 7.18. The van der Waals surface area contributed by atoms with Gasteiger partial charge in [-0.25, -0.2) is 4.79 Å². The molecule has 0 radical (unpaired) electrons. The van der Waals surface area contributed by atoms with Gasteiger partial charge in [-0.3, -0.25) is 9.59 Å². The Hall–Kier alpha value is -2.57. The normalized spacial score (nSPS) is 21.2. The van der Waals surface area contributed by atoms with Crippen LogP contribution in [0.15, 0.2) is 30.3 Å². The smallest absolute Gasteiger partial charge is 0.410 e. The monoisotopic (exact) mass is 303 g/mol. The summed E-state index contributed by atoms with van der Waals surface area (Å²) in [6, 6.07) is 8.78. The van der Waals surface area contributed by atoms with Crippen LogP contribution >= 0.6 is 0 Å². The topological polar surface area (TPSA) is 79.0 Å². The van der Waals surface area contributed by atoms with Crippen LogP contribution < -0.4 is 5.32 Å². The van der Waals surface area contributed by atoms with Crippen LogP contribution in [0.2, 0.25) is 0 Å². The molecule has 3 amide bonds. The minimum absolute atomic E-state index is 0.0355. The minimum atomic E-state index is -0.612. The summed E-state index contributed by atoms with van der Waals surface area (Å²) in [4.78, 5) is 38.7. The van der Waals surface area contributed by atoms with Gasteiger partial charge in [-0.15, -0.1) is 0 Å². The molecule has 0 bridgehead atoms. The Morgan fingerprint density at radius 2 is 2.00 bits per heavy atom. The Morgan fingerprint density at radius 1 is 1.23 bits per heavy atom. The second-order valence-electron chi connectivity index (χ2n) is 5.31. The molecular weight excluding hydrogens is 286 g/mol. The maximum atomic E-state index is 12.1. The van der Waals surface area contributed by atoms with Gasteiger partial charge >= 0.3 is 6.09 Å². The third-order valence-corrected chi connectivity index (χ3v) is 3.88. The SMILES string of the molecule is O=C1NCC(=O)N2CCN(C(=O)OCc3ccccc3)CC12. The Bertz CT molecular complexity index is 590. The van der Waals surface area contributed by atoms with E-state index >= 15 is 0 Å². The Balaban J connectivity index is 1.58. The molecule has 1 unspecified atom stereocenters. The summed E-state index contributed by atoms with van der Waals surface area (Å²) in [7, 11) is 0. The third kappa shape index (κ3) is 2.88. The fraction of sp³-hybridized carbons (Fsp3) is 0.400. The van der Waals surface area contributed by atoms with E-state index in [1.54, 1.807) is 0 Å². The molecule has 7 nitrogen and oxygen atoms in total. The third-order valence-electron chi connectivity index (χ3n) is 3.88. The lowest BCUT2D eigenvalue weighted by molar-refractivity contribution is -0.148. The highest BCUT2D eigenvalue weighted by Gasteiger charge is 2.40. The summed E-state index contributed by atoms with van der Waals surface area (Å²) >= 11 is 0. The fourth-order valence-electron chi connectivity index (χ4n) is 2.66. The van der Waals surface area contributed by atoms with Crippen molar-refractivity contribution in [1.82, 2.24) is 15.1 Å². The summed E-state index contributed by atoms with van der Waals surface area (Å²) in [5.41, 5.74) is 0.903. The molecule has 1 aromatic rings. The zero-order chi connectivity index (χ0) is 15.5. The number of amides is 3. The molecule has 0 aliphatic carbocycles. The molecule has 1 aromatic carbocycles. The number of hydrogen-bond acceptors (Lipinski definition) is 4. The van der Waals surface area contributed by atoms with E-state index in [1.165, 1.54) is 9.80 Å². The molecule has 3 rings (SSSR count). The second-order valence-corrected chi connectivity index (χ2v) is 5.31. The van der Waals surface area contributed by atoms with Crippen molar-refractivity contribution < 1.29 is 19.1 Å². The number of nitrogens with zero attached hydrogens (tertiary/aromatic N) is 2. The number of hydrogen-bond donors (Lipinski definition) is 1.